The molecule has 6 heteroatoms. The molecule has 0 atom stereocenters. The minimum atomic E-state index is -0.173. The number of aromatic nitrogens is 2. The van der Waals surface area contributed by atoms with Crippen LogP contribution >= 0.6 is 15.9 Å². The van der Waals surface area contributed by atoms with Gasteiger partial charge in [0.05, 0.1) is 23.6 Å². The van der Waals surface area contributed by atoms with E-state index in [9.17, 15) is 4.79 Å². The van der Waals surface area contributed by atoms with Crippen molar-refractivity contribution in [2.75, 3.05) is 11.9 Å². The summed E-state index contributed by atoms with van der Waals surface area (Å²) in [6, 6.07) is 7.98. The van der Waals surface area contributed by atoms with E-state index in [2.05, 4.69) is 50.7 Å². The SMILES string of the molecule is CCCCNC(=O)Nc1c(C)nn(Cc2ccc(Br)cc2)c1C. The Morgan fingerprint density at radius 3 is 2.61 bits per heavy atom. The molecule has 23 heavy (non-hydrogen) atoms. The minimum absolute atomic E-state index is 0.173. The number of halogens is 1. The van der Waals surface area contributed by atoms with Crippen LogP contribution in [-0.4, -0.2) is 22.4 Å². The normalized spacial score (nSPS) is 10.6. The molecule has 124 valence electrons. The molecule has 2 N–H and O–H groups in total. The number of urea groups is 1. The number of nitrogens with one attached hydrogen (secondary N) is 2. The van der Waals surface area contributed by atoms with Gasteiger partial charge in [0.2, 0.25) is 0 Å². The lowest BCUT2D eigenvalue weighted by atomic mass is 10.2. The van der Waals surface area contributed by atoms with Crippen molar-refractivity contribution < 1.29 is 4.79 Å². The Morgan fingerprint density at radius 2 is 1.96 bits per heavy atom. The molecule has 0 spiro atoms. The molecule has 2 aromatic rings. The molecule has 0 radical (unpaired) electrons. The lowest BCUT2D eigenvalue weighted by Gasteiger charge is -2.08. The molecule has 0 aliphatic rings. The molecule has 0 saturated heterocycles. The molecule has 2 amide bonds. The van der Waals surface area contributed by atoms with E-state index in [4.69, 9.17) is 0 Å². The number of rotatable bonds is 6. The van der Waals surface area contributed by atoms with Crippen LogP contribution in [0.3, 0.4) is 0 Å². The second-order valence-corrected chi connectivity index (χ2v) is 6.48. The lowest BCUT2D eigenvalue weighted by Crippen LogP contribution is -2.29. The van der Waals surface area contributed by atoms with Crippen molar-refractivity contribution >= 4 is 27.6 Å². The van der Waals surface area contributed by atoms with Crippen LogP contribution in [0.1, 0.15) is 36.7 Å². The van der Waals surface area contributed by atoms with Gasteiger partial charge in [0.1, 0.15) is 0 Å². The number of anilines is 1. The number of benzene rings is 1. The topological polar surface area (TPSA) is 59.0 Å². The standard InChI is InChI=1S/C17H23BrN4O/c1-4-5-10-19-17(23)20-16-12(2)21-22(13(16)3)11-14-6-8-15(18)9-7-14/h6-9H,4-5,10-11H2,1-3H3,(H2,19,20,23). The van der Waals surface area contributed by atoms with Crippen LogP contribution in [0.4, 0.5) is 10.5 Å². The van der Waals surface area contributed by atoms with Crippen molar-refractivity contribution in [3.63, 3.8) is 0 Å². The Bertz CT molecular complexity index is 664. The van der Waals surface area contributed by atoms with Crippen molar-refractivity contribution in [1.29, 1.82) is 0 Å². The van der Waals surface area contributed by atoms with Crippen LogP contribution in [0.2, 0.25) is 0 Å². The Kier molecular flexibility index (Phi) is 6.21. The minimum Gasteiger partial charge on any atom is -0.338 e. The molecule has 0 aliphatic heterocycles. The van der Waals surface area contributed by atoms with E-state index in [1.54, 1.807) is 0 Å². The third-order valence-electron chi connectivity index (χ3n) is 3.68. The zero-order valence-corrected chi connectivity index (χ0v) is 15.4. The maximum absolute atomic E-state index is 11.9. The second-order valence-electron chi connectivity index (χ2n) is 5.56. The van der Waals surface area contributed by atoms with Crippen LogP contribution in [0.5, 0.6) is 0 Å². The predicted octanol–water partition coefficient (Wildman–Crippen LogP) is 4.23. The van der Waals surface area contributed by atoms with Crippen LogP contribution in [0.25, 0.3) is 0 Å². The molecular weight excluding hydrogens is 356 g/mol. The van der Waals surface area contributed by atoms with E-state index in [0.29, 0.717) is 13.1 Å². The van der Waals surface area contributed by atoms with Crippen LogP contribution in [-0.2, 0) is 6.54 Å². The number of nitrogens with zero attached hydrogens (tertiary/aromatic N) is 2. The summed E-state index contributed by atoms with van der Waals surface area (Å²) in [6.45, 7) is 7.35. The summed E-state index contributed by atoms with van der Waals surface area (Å²) in [5.74, 6) is 0. The van der Waals surface area contributed by atoms with Gasteiger partial charge in [-0.3, -0.25) is 4.68 Å². The number of aryl methyl sites for hydroxylation is 1. The first-order valence-corrected chi connectivity index (χ1v) is 8.64. The number of carbonyl (C=O) groups is 1. The highest BCUT2D eigenvalue weighted by atomic mass is 79.9. The van der Waals surface area contributed by atoms with E-state index >= 15 is 0 Å². The van der Waals surface area contributed by atoms with Crippen molar-refractivity contribution in [1.82, 2.24) is 15.1 Å². The summed E-state index contributed by atoms with van der Waals surface area (Å²) in [7, 11) is 0. The van der Waals surface area contributed by atoms with E-state index in [1.165, 1.54) is 0 Å². The highest BCUT2D eigenvalue weighted by molar-refractivity contribution is 9.10. The molecule has 2 rings (SSSR count). The summed E-state index contributed by atoms with van der Waals surface area (Å²) < 4.78 is 2.97. The molecule has 5 nitrogen and oxygen atoms in total. The van der Waals surface area contributed by atoms with Gasteiger partial charge in [-0.1, -0.05) is 41.4 Å². The van der Waals surface area contributed by atoms with E-state index in [-0.39, 0.29) is 6.03 Å². The van der Waals surface area contributed by atoms with Gasteiger partial charge in [-0.15, -0.1) is 0 Å². The van der Waals surface area contributed by atoms with Crippen LogP contribution in [0.15, 0.2) is 28.7 Å². The highest BCUT2D eigenvalue weighted by Crippen LogP contribution is 2.21. The average Bonchev–Trinajstić information content (AvgIpc) is 2.77. The van der Waals surface area contributed by atoms with Gasteiger partial charge in [0, 0.05) is 11.0 Å². The fourth-order valence-electron chi connectivity index (χ4n) is 2.33. The predicted molar refractivity (Wildman–Crippen MR) is 96.9 cm³/mol. The van der Waals surface area contributed by atoms with Gasteiger partial charge in [-0.2, -0.15) is 5.10 Å². The van der Waals surface area contributed by atoms with Crippen molar-refractivity contribution in [3.8, 4) is 0 Å². The van der Waals surface area contributed by atoms with Crippen molar-refractivity contribution in [3.05, 3.63) is 45.7 Å². The zero-order valence-electron chi connectivity index (χ0n) is 13.8. The number of hydrogen-bond acceptors (Lipinski definition) is 2. The molecule has 1 heterocycles. The molecule has 0 fully saturated rings. The fraction of sp³-hybridized carbons (Fsp3) is 0.412. The van der Waals surface area contributed by atoms with E-state index in [1.807, 2.05) is 30.7 Å². The number of hydrogen-bond donors (Lipinski definition) is 2. The molecule has 0 saturated carbocycles. The summed E-state index contributed by atoms with van der Waals surface area (Å²) in [6.07, 6.45) is 2.04. The summed E-state index contributed by atoms with van der Waals surface area (Å²) >= 11 is 3.44. The average molecular weight is 379 g/mol. The third-order valence-corrected chi connectivity index (χ3v) is 4.21. The first kappa shape index (κ1) is 17.5. The third kappa shape index (κ3) is 4.82. The number of amides is 2. The van der Waals surface area contributed by atoms with Crippen LogP contribution < -0.4 is 10.6 Å². The Morgan fingerprint density at radius 1 is 1.26 bits per heavy atom. The number of unbranched alkanes of at least 4 members (excludes halogenated alkanes) is 1. The molecule has 1 aromatic carbocycles. The number of carbonyl (C=O) groups excluding carboxylic acids is 1. The van der Waals surface area contributed by atoms with Crippen molar-refractivity contribution in [2.24, 2.45) is 0 Å². The van der Waals surface area contributed by atoms with E-state index in [0.717, 1.165) is 40.0 Å². The van der Waals surface area contributed by atoms with Gasteiger partial charge in [-0.25, -0.2) is 4.79 Å². The monoisotopic (exact) mass is 378 g/mol. The summed E-state index contributed by atoms with van der Waals surface area (Å²) in [5.41, 5.74) is 3.73. The molecular formula is C17H23BrN4O. The van der Waals surface area contributed by atoms with Gasteiger partial charge in [0.15, 0.2) is 0 Å². The quantitative estimate of drug-likeness (QED) is 0.738. The molecule has 1 aromatic heterocycles. The summed E-state index contributed by atoms with van der Waals surface area (Å²) in [5, 5.41) is 10.3. The maximum Gasteiger partial charge on any atom is 0.319 e. The Balaban J connectivity index is 2.06. The van der Waals surface area contributed by atoms with Gasteiger partial charge < -0.3 is 10.6 Å². The van der Waals surface area contributed by atoms with Crippen LogP contribution in [0, 0.1) is 13.8 Å². The smallest absolute Gasteiger partial charge is 0.319 e. The molecule has 0 bridgehead atoms. The first-order chi connectivity index (χ1) is 11.0. The van der Waals surface area contributed by atoms with Gasteiger partial charge in [-0.05, 0) is 38.0 Å². The molecule has 0 unspecified atom stereocenters. The maximum atomic E-state index is 11.9. The highest BCUT2D eigenvalue weighted by Gasteiger charge is 2.14. The first-order valence-electron chi connectivity index (χ1n) is 7.84. The zero-order chi connectivity index (χ0) is 16.8. The van der Waals surface area contributed by atoms with Gasteiger partial charge in [0.25, 0.3) is 0 Å². The van der Waals surface area contributed by atoms with Gasteiger partial charge >= 0.3 is 6.03 Å². The lowest BCUT2D eigenvalue weighted by molar-refractivity contribution is 0.252. The summed E-state index contributed by atoms with van der Waals surface area (Å²) in [4.78, 5) is 11.9. The van der Waals surface area contributed by atoms with E-state index < -0.39 is 0 Å². The Labute approximate surface area is 145 Å². The second kappa shape index (κ2) is 8.15. The largest absolute Gasteiger partial charge is 0.338 e. The fourth-order valence-corrected chi connectivity index (χ4v) is 2.60. The molecule has 0 aliphatic carbocycles. The Hall–Kier alpha value is -1.82. The van der Waals surface area contributed by atoms with Crippen molar-refractivity contribution in [2.45, 2.75) is 40.2 Å².